The largest absolute Gasteiger partial charge is 0.360 e. The van der Waals surface area contributed by atoms with Crippen molar-refractivity contribution in [3.8, 4) is 0 Å². The molecule has 0 radical (unpaired) electrons. The van der Waals surface area contributed by atoms with Gasteiger partial charge in [0.05, 0.1) is 12.7 Å². The SMILES string of the molecule is CCC1C(=O)NC(CC(C)C)C(=O)N1Cc1ccno1. The third-order valence-corrected chi connectivity index (χ3v) is 3.49. The van der Waals surface area contributed by atoms with Crippen molar-refractivity contribution in [1.82, 2.24) is 15.4 Å². The molecule has 2 rings (SSSR count). The topological polar surface area (TPSA) is 75.4 Å². The second kappa shape index (κ2) is 6.07. The fourth-order valence-electron chi connectivity index (χ4n) is 2.54. The van der Waals surface area contributed by atoms with Crippen LogP contribution in [0.25, 0.3) is 0 Å². The van der Waals surface area contributed by atoms with Crippen molar-refractivity contribution in [2.45, 2.75) is 52.2 Å². The summed E-state index contributed by atoms with van der Waals surface area (Å²) in [6.07, 6.45) is 2.77. The lowest BCUT2D eigenvalue weighted by Crippen LogP contribution is -2.62. The van der Waals surface area contributed by atoms with Gasteiger partial charge in [0.15, 0.2) is 5.76 Å². The molecule has 1 aromatic heterocycles. The van der Waals surface area contributed by atoms with E-state index in [0.29, 0.717) is 31.1 Å². The number of rotatable bonds is 5. The number of aromatic nitrogens is 1. The van der Waals surface area contributed by atoms with Crippen LogP contribution in [-0.2, 0) is 16.1 Å². The molecule has 1 N–H and O–H groups in total. The summed E-state index contributed by atoms with van der Waals surface area (Å²) in [4.78, 5) is 26.3. The van der Waals surface area contributed by atoms with Gasteiger partial charge in [0.1, 0.15) is 12.1 Å². The van der Waals surface area contributed by atoms with E-state index in [1.54, 1.807) is 11.0 Å². The van der Waals surface area contributed by atoms with Gasteiger partial charge in [-0.1, -0.05) is 25.9 Å². The van der Waals surface area contributed by atoms with Crippen LogP contribution in [0, 0.1) is 5.92 Å². The zero-order valence-electron chi connectivity index (χ0n) is 12.1. The van der Waals surface area contributed by atoms with Crippen LogP contribution in [0.3, 0.4) is 0 Å². The van der Waals surface area contributed by atoms with E-state index in [1.807, 2.05) is 20.8 Å². The Morgan fingerprint density at radius 1 is 1.45 bits per heavy atom. The number of hydrogen-bond acceptors (Lipinski definition) is 4. The van der Waals surface area contributed by atoms with E-state index >= 15 is 0 Å². The monoisotopic (exact) mass is 279 g/mol. The van der Waals surface area contributed by atoms with Gasteiger partial charge in [-0.15, -0.1) is 0 Å². The van der Waals surface area contributed by atoms with E-state index in [9.17, 15) is 9.59 Å². The van der Waals surface area contributed by atoms with E-state index in [4.69, 9.17) is 4.52 Å². The molecular weight excluding hydrogens is 258 g/mol. The van der Waals surface area contributed by atoms with E-state index in [2.05, 4.69) is 10.5 Å². The molecule has 0 aliphatic carbocycles. The fourth-order valence-corrected chi connectivity index (χ4v) is 2.54. The van der Waals surface area contributed by atoms with Crippen LogP contribution in [0.15, 0.2) is 16.8 Å². The van der Waals surface area contributed by atoms with Gasteiger partial charge in [-0.25, -0.2) is 0 Å². The highest BCUT2D eigenvalue weighted by molar-refractivity contribution is 5.96. The summed E-state index contributed by atoms with van der Waals surface area (Å²) in [6.45, 7) is 6.26. The molecule has 1 aliphatic heterocycles. The van der Waals surface area contributed by atoms with Crippen LogP contribution in [-0.4, -0.2) is 34.0 Å². The van der Waals surface area contributed by atoms with Gasteiger partial charge in [0.25, 0.3) is 0 Å². The van der Waals surface area contributed by atoms with Gasteiger partial charge in [-0.05, 0) is 18.8 Å². The molecule has 2 unspecified atom stereocenters. The van der Waals surface area contributed by atoms with Crippen molar-refractivity contribution in [3.63, 3.8) is 0 Å². The maximum atomic E-state index is 12.6. The van der Waals surface area contributed by atoms with Crippen LogP contribution >= 0.6 is 0 Å². The van der Waals surface area contributed by atoms with E-state index in [1.165, 1.54) is 6.20 Å². The van der Waals surface area contributed by atoms with Gasteiger partial charge < -0.3 is 14.7 Å². The van der Waals surface area contributed by atoms with Crippen molar-refractivity contribution in [3.05, 3.63) is 18.0 Å². The fraction of sp³-hybridized carbons (Fsp3) is 0.643. The molecule has 2 heterocycles. The van der Waals surface area contributed by atoms with Crippen LogP contribution in [0.2, 0.25) is 0 Å². The molecule has 2 atom stereocenters. The van der Waals surface area contributed by atoms with Gasteiger partial charge in [-0.3, -0.25) is 9.59 Å². The number of piperazine rings is 1. The summed E-state index contributed by atoms with van der Waals surface area (Å²) in [5, 5.41) is 6.47. The van der Waals surface area contributed by atoms with Gasteiger partial charge in [0.2, 0.25) is 11.8 Å². The Balaban J connectivity index is 2.18. The molecule has 1 saturated heterocycles. The minimum atomic E-state index is -0.437. The molecular formula is C14H21N3O3. The summed E-state index contributed by atoms with van der Waals surface area (Å²) in [5.74, 6) is 0.808. The van der Waals surface area contributed by atoms with Gasteiger partial charge in [0, 0.05) is 6.07 Å². The lowest BCUT2D eigenvalue weighted by Gasteiger charge is -2.38. The smallest absolute Gasteiger partial charge is 0.246 e. The van der Waals surface area contributed by atoms with E-state index < -0.39 is 12.1 Å². The first kappa shape index (κ1) is 14.6. The Morgan fingerprint density at radius 2 is 2.20 bits per heavy atom. The summed E-state index contributed by atoms with van der Waals surface area (Å²) in [5.41, 5.74) is 0. The normalized spacial score (nSPS) is 23.3. The predicted molar refractivity (Wildman–Crippen MR) is 72.5 cm³/mol. The van der Waals surface area contributed by atoms with Crippen LogP contribution in [0.4, 0.5) is 0 Å². The molecule has 2 amide bonds. The number of nitrogens with zero attached hydrogens (tertiary/aromatic N) is 2. The molecule has 6 nitrogen and oxygen atoms in total. The molecule has 6 heteroatoms. The number of carbonyl (C=O) groups excluding carboxylic acids is 2. The summed E-state index contributed by atoms with van der Waals surface area (Å²) in [7, 11) is 0. The number of hydrogen-bond donors (Lipinski definition) is 1. The Labute approximate surface area is 118 Å². The molecule has 20 heavy (non-hydrogen) atoms. The molecule has 110 valence electrons. The first-order valence-corrected chi connectivity index (χ1v) is 7.03. The summed E-state index contributed by atoms with van der Waals surface area (Å²) < 4.78 is 5.05. The summed E-state index contributed by atoms with van der Waals surface area (Å²) in [6, 6.07) is 0.841. The number of carbonyl (C=O) groups is 2. The van der Waals surface area contributed by atoms with Gasteiger partial charge in [-0.2, -0.15) is 0 Å². The third-order valence-electron chi connectivity index (χ3n) is 3.49. The highest BCUT2D eigenvalue weighted by Gasteiger charge is 2.39. The predicted octanol–water partition coefficient (Wildman–Crippen LogP) is 1.33. The van der Waals surface area contributed by atoms with Crippen molar-refractivity contribution >= 4 is 11.8 Å². The zero-order chi connectivity index (χ0) is 14.7. The third kappa shape index (κ3) is 3.00. The van der Waals surface area contributed by atoms with Gasteiger partial charge >= 0.3 is 0 Å². The van der Waals surface area contributed by atoms with E-state index in [-0.39, 0.29) is 11.8 Å². The average molecular weight is 279 g/mol. The van der Waals surface area contributed by atoms with Crippen LogP contribution < -0.4 is 5.32 Å². The second-order valence-electron chi connectivity index (χ2n) is 5.56. The zero-order valence-corrected chi connectivity index (χ0v) is 12.1. The van der Waals surface area contributed by atoms with Crippen molar-refractivity contribution < 1.29 is 14.1 Å². The first-order chi connectivity index (χ1) is 9.52. The number of amides is 2. The van der Waals surface area contributed by atoms with E-state index in [0.717, 1.165) is 0 Å². The van der Waals surface area contributed by atoms with Crippen molar-refractivity contribution in [1.29, 1.82) is 0 Å². The molecule has 0 bridgehead atoms. The highest BCUT2D eigenvalue weighted by Crippen LogP contribution is 2.20. The Hall–Kier alpha value is -1.85. The minimum absolute atomic E-state index is 0.0402. The lowest BCUT2D eigenvalue weighted by molar-refractivity contribution is -0.151. The Bertz CT molecular complexity index is 470. The maximum absolute atomic E-state index is 12.6. The van der Waals surface area contributed by atoms with Crippen molar-refractivity contribution in [2.75, 3.05) is 0 Å². The first-order valence-electron chi connectivity index (χ1n) is 7.03. The van der Waals surface area contributed by atoms with Crippen molar-refractivity contribution in [2.24, 2.45) is 5.92 Å². The molecule has 1 aliphatic rings. The molecule has 0 spiro atoms. The quantitative estimate of drug-likeness (QED) is 0.882. The molecule has 0 saturated carbocycles. The summed E-state index contributed by atoms with van der Waals surface area (Å²) >= 11 is 0. The highest BCUT2D eigenvalue weighted by atomic mass is 16.5. The molecule has 1 aromatic rings. The standard InChI is InChI=1S/C14H21N3O3/c1-4-12-13(18)16-11(7-9(2)3)14(19)17(12)8-10-5-6-15-20-10/h5-6,9,11-12H,4,7-8H2,1-3H3,(H,16,18). The lowest BCUT2D eigenvalue weighted by atomic mass is 9.97. The molecule has 1 fully saturated rings. The Kier molecular flexibility index (Phi) is 4.42. The second-order valence-corrected chi connectivity index (χ2v) is 5.56. The minimum Gasteiger partial charge on any atom is -0.360 e. The maximum Gasteiger partial charge on any atom is 0.246 e. The van der Waals surface area contributed by atoms with Crippen LogP contribution in [0.5, 0.6) is 0 Å². The Morgan fingerprint density at radius 3 is 2.75 bits per heavy atom. The van der Waals surface area contributed by atoms with Crippen LogP contribution in [0.1, 0.15) is 39.4 Å². The average Bonchev–Trinajstić information content (AvgIpc) is 2.88. The molecule has 0 aromatic carbocycles. The number of nitrogens with one attached hydrogen (secondary N) is 1.